The van der Waals surface area contributed by atoms with Crippen molar-refractivity contribution >= 4 is 5.69 Å². The van der Waals surface area contributed by atoms with Gasteiger partial charge in [-0.2, -0.15) is 0 Å². The molecule has 1 fully saturated rings. The molecule has 1 saturated heterocycles. The van der Waals surface area contributed by atoms with Crippen LogP contribution in [0.2, 0.25) is 0 Å². The van der Waals surface area contributed by atoms with Crippen LogP contribution in [-0.2, 0) is 11.8 Å². The van der Waals surface area contributed by atoms with Gasteiger partial charge in [0.05, 0.1) is 18.1 Å². The lowest BCUT2D eigenvalue weighted by Gasteiger charge is -2.56. The molecule has 1 spiro atoms. The van der Waals surface area contributed by atoms with E-state index in [-0.39, 0.29) is 22.6 Å². The third-order valence-corrected chi connectivity index (χ3v) is 6.66. The molecule has 2 aliphatic heterocycles. The van der Waals surface area contributed by atoms with Gasteiger partial charge in [0.15, 0.2) is 11.5 Å². The molecule has 7 heteroatoms. The summed E-state index contributed by atoms with van der Waals surface area (Å²) >= 11 is 0. The first-order chi connectivity index (χ1) is 12.0. The fraction of sp³-hybridized carbons (Fsp3) is 0.556. The van der Waals surface area contributed by atoms with Crippen LogP contribution in [0.1, 0.15) is 17.5 Å². The van der Waals surface area contributed by atoms with E-state index >= 15 is 0 Å². The van der Waals surface area contributed by atoms with Crippen molar-refractivity contribution in [3.05, 3.63) is 39.5 Å². The normalized spacial score (nSPS) is 37.4. The predicted molar refractivity (Wildman–Crippen MR) is 89.1 cm³/mol. The first kappa shape index (κ1) is 15.2. The van der Waals surface area contributed by atoms with Crippen LogP contribution >= 0.6 is 0 Å². The zero-order valence-corrected chi connectivity index (χ0v) is 14.1. The standard InChI is InChI=1S/C18H20N2O5/c1-19-6-5-18-10-3-4-13(21)17(18)25-16-14(24-2)8-11(20(22)23)9(15(16)18)7-12(10)19/h3-4,8,10,12-13,17,21H,5-7H2,1-2H3/t10-,12+,13-,17-,18-/m0/s1. The van der Waals surface area contributed by atoms with Gasteiger partial charge in [0, 0.05) is 28.5 Å². The molecule has 2 bridgehead atoms. The Hall–Kier alpha value is -2.12. The van der Waals surface area contributed by atoms with E-state index in [1.807, 2.05) is 6.08 Å². The predicted octanol–water partition coefficient (Wildman–Crippen LogP) is 1.41. The Labute approximate surface area is 145 Å². The minimum atomic E-state index is -0.720. The number of nitrogens with zero attached hydrogens (tertiary/aromatic N) is 2. The summed E-state index contributed by atoms with van der Waals surface area (Å²) in [6, 6.07) is 1.65. The average Bonchev–Trinajstić information content (AvgIpc) is 2.94. The second kappa shape index (κ2) is 4.74. The van der Waals surface area contributed by atoms with E-state index in [0.717, 1.165) is 24.1 Å². The lowest BCUT2D eigenvalue weighted by molar-refractivity contribution is -0.385. The SMILES string of the molecule is COc1cc([N+](=O)[O-])c2c3c1O[C@H]1[C@@H](O)C=C[C@H]4[C@@H](C2)N(C)CC[C@@]341. The van der Waals surface area contributed by atoms with Gasteiger partial charge >= 0.3 is 0 Å². The maximum Gasteiger partial charge on any atom is 0.276 e. The first-order valence-electron chi connectivity index (χ1n) is 8.61. The highest BCUT2D eigenvalue weighted by Gasteiger charge is 2.65. The summed E-state index contributed by atoms with van der Waals surface area (Å²) in [4.78, 5) is 13.7. The number of ether oxygens (including phenoxy) is 2. The van der Waals surface area contributed by atoms with Gasteiger partial charge in [0.1, 0.15) is 12.2 Å². The van der Waals surface area contributed by atoms with Crippen LogP contribution < -0.4 is 9.47 Å². The van der Waals surface area contributed by atoms with E-state index in [1.165, 1.54) is 13.2 Å². The molecule has 0 aromatic heterocycles. The molecule has 0 radical (unpaired) electrons. The first-order valence-corrected chi connectivity index (χ1v) is 8.61. The van der Waals surface area contributed by atoms with Gasteiger partial charge in [-0.05, 0) is 26.4 Å². The Morgan fingerprint density at radius 2 is 2.28 bits per heavy atom. The summed E-state index contributed by atoms with van der Waals surface area (Å²) in [6.45, 7) is 0.880. The molecular formula is C18H20N2O5. The molecule has 5 atom stereocenters. The van der Waals surface area contributed by atoms with Crippen molar-refractivity contribution in [1.82, 2.24) is 4.90 Å². The average molecular weight is 344 g/mol. The third kappa shape index (κ3) is 1.63. The number of hydrogen-bond donors (Lipinski definition) is 1. The van der Waals surface area contributed by atoms with Crippen LogP contribution in [0.25, 0.3) is 0 Å². The Morgan fingerprint density at radius 3 is 3.00 bits per heavy atom. The van der Waals surface area contributed by atoms with Crippen LogP contribution in [-0.4, -0.2) is 53.9 Å². The van der Waals surface area contributed by atoms with E-state index in [9.17, 15) is 15.2 Å². The third-order valence-electron chi connectivity index (χ3n) is 6.66. The number of rotatable bonds is 2. The Balaban J connectivity index is 1.87. The number of hydrogen-bond acceptors (Lipinski definition) is 6. The van der Waals surface area contributed by atoms with Crippen LogP contribution in [0, 0.1) is 16.0 Å². The molecule has 0 saturated carbocycles. The molecule has 0 amide bonds. The number of nitro groups is 1. The van der Waals surface area contributed by atoms with Gasteiger partial charge in [0.2, 0.25) is 0 Å². The summed E-state index contributed by atoms with van der Waals surface area (Å²) in [7, 11) is 3.57. The van der Waals surface area contributed by atoms with E-state index in [4.69, 9.17) is 9.47 Å². The second-order valence-electron chi connectivity index (χ2n) is 7.52. The van der Waals surface area contributed by atoms with Crippen LogP contribution in [0.15, 0.2) is 18.2 Å². The number of aliphatic hydroxyl groups is 1. The monoisotopic (exact) mass is 344 g/mol. The fourth-order valence-electron chi connectivity index (χ4n) is 5.61. The largest absolute Gasteiger partial charge is 0.493 e. The number of nitro benzene ring substituents is 1. The zero-order chi connectivity index (χ0) is 17.5. The molecule has 25 heavy (non-hydrogen) atoms. The van der Waals surface area contributed by atoms with Gasteiger partial charge < -0.3 is 19.5 Å². The number of aliphatic hydroxyl groups excluding tert-OH is 1. The Kier molecular flexibility index (Phi) is 2.87. The quantitative estimate of drug-likeness (QED) is 0.496. The molecule has 0 unspecified atom stereocenters. The van der Waals surface area contributed by atoms with Crippen molar-refractivity contribution in [2.45, 2.75) is 36.5 Å². The highest BCUT2D eigenvalue weighted by Crippen LogP contribution is 2.63. The molecule has 5 rings (SSSR count). The van der Waals surface area contributed by atoms with Gasteiger partial charge in [-0.1, -0.05) is 12.2 Å². The van der Waals surface area contributed by atoms with Gasteiger partial charge in [-0.15, -0.1) is 0 Å². The molecule has 1 aromatic carbocycles. The molecule has 1 aromatic rings. The van der Waals surface area contributed by atoms with Gasteiger partial charge in [-0.25, -0.2) is 0 Å². The Bertz CT molecular complexity index is 822. The summed E-state index contributed by atoms with van der Waals surface area (Å²) in [5.74, 6) is 1.15. The molecule has 132 valence electrons. The minimum Gasteiger partial charge on any atom is -0.493 e. The van der Waals surface area contributed by atoms with Crippen molar-refractivity contribution in [2.75, 3.05) is 20.7 Å². The van der Waals surface area contributed by atoms with Crippen molar-refractivity contribution in [3.63, 3.8) is 0 Å². The highest BCUT2D eigenvalue weighted by atomic mass is 16.6. The molecule has 1 N–H and O–H groups in total. The maximum absolute atomic E-state index is 11.7. The van der Waals surface area contributed by atoms with Crippen LogP contribution in [0.4, 0.5) is 5.69 Å². The maximum atomic E-state index is 11.7. The molecule has 2 aliphatic carbocycles. The highest BCUT2D eigenvalue weighted by molar-refractivity contribution is 5.68. The zero-order valence-electron chi connectivity index (χ0n) is 14.1. The summed E-state index contributed by atoms with van der Waals surface area (Å²) in [5.41, 5.74) is 1.34. The summed E-state index contributed by atoms with van der Waals surface area (Å²) in [5, 5.41) is 22.3. The van der Waals surface area contributed by atoms with Gasteiger partial charge in [0.25, 0.3) is 5.69 Å². The number of likely N-dealkylation sites (N-methyl/N-ethyl adjacent to an activating group) is 1. The van der Waals surface area contributed by atoms with E-state index in [2.05, 4.69) is 18.0 Å². The summed E-state index contributed by atoms with van der Waals surface area (Å²) in [6.07, 6.45) is 4.19. The van der Waals surface area contributed by atoms with Crippen molar-refractivity contribution in [3.8, 4) is 11.5 Å². The Morgan fingerprint density at radius 1 is 1.48 bits per heavy atom. The number of methoxy groups -OCH3 is 1. The smallest absolute Gasteiger partial charge is 0.276 e. The van der Waals surface area contributed by atoms with E-state index < -0.39 is 17.6 Å². The fourth-order valence-corrected chi connectivity index (χ4v) is 5.61. The molecule has 4 aliphatic rings. The lowest BCUT2D eigenvalue weighted by atomic mass is 9.53. The van der Waals surface area contributed by atoms with E-state index in [0.29, 0.717) is 17.9 Å². The topological polar surface area (TPSA) is 85.1 Å². The minimum absolute atomic E-state index is 0.0991. The van der Waals surface area contributed by atoms with Crippen molar-refractivity contribution in [2.24, 2.45) is 5.92 Å². The second-order valence-corrected chi connectivity index (χ2v) is 7.52. The summed E-state index contributed by atoms with van der Waals surface area (Å²) < 4.78 is 11.6. The van der Waals surface area contributed by atoms with E-state index in [1.54, 1.807) is 0 Å². The number of benzene rings is 1. The van der Waals surface area contributed by atoms with Crippen molar-refractivity contribution < 1.29 is 19.5 Å². The lowest BCUT2D eigenvalue weighted by Crippen LogP contribution is -2.64. The number of likely N-dealkylation sites (tertiary alicyclic amines) is 1. The molecule has 2 heterocycles. The van der Waals surface area contributed by atoms with Crippen molar-refractivity contribution in [1.29, 1.82) is 0 Å². The molecule has 7 nitrogen and oxygen atoms in total. The van der Waals surface area contributed by atoms with Gasteiger partial charge in [-0.3, -0.25) is 10.1 Å². The van der Waals surface area contributed by atoms with Crippen LogP contribution in [0.3, 0.4) is 0 Å². The van der Waals surface area contributed by atoms with Crippen LogP contribution in [0.5, 0.6) is 11.5 Å². The number of piperidine rings is 1. The molecular weight excluding hydrogens is 324 g/mol.